The summed E-state index contributed by atoms with van der Waals surface area (Å²) in [6.45, 7) is 3.08. The molecule has 0 spiro atoms. The average molecular weight is 235 g/mol. The summed E-state index contributed by atoms with van der Waals surface area (Å²) in [5, 5.41) is 3.29. The Bertz CT molecular complexity index is 388. The number of anilines is 3. The Hall–Kier alpha value is -1.49. The molecule has 94 valence electrons. The van der Waals surface area contributed by atoms with Gasteiger partial charge in [-0.1, -0.05) is 0 Å². The molecule has 5 N–H and O–H groups in total. The summed E-state index contributed by atoms with van der Waals surface area (Å²) in [7, 11) is 2.18. The highest BCUT2D eigenvalue weighted by atomic mass is 15.2. The van der Waals surface area contributed by atoms with E-state index in [0.717, 1.165) is 18.4 Å². The van der Waals surface area contributed by atoms with Crippen molar-refractivity contribution >= 4 is 17.3 Å². The summed E-state index contributed by atoms with van der Waals surface area (Å²) in [5.41, 5.74) is 11.8. The van der Waals surface area contributed by atoms with E-state index in [1.165, 1.54) is 12.8 Å². The van der Waals surface area contributed by atoms with Crippen molar-refractivity contribution < 1.29 is 0 Å². The predicted octanol–water partition coefficient (Wildman–Crippen LogP) is 1.14. The van der Waals surface area contributed by atoms with Crippen molar-refractivity contribution in [1.82, 2.24) is 9.88 Å². The van der Waals surface area contributed by atoms with Crippen LogP contribution < -0.4 is 16.8 Å². The lowest BCUT2D eigenvalue weighted by molar-refractivity contribution is 0.257. The van der Waals surface area contributed by atoms with Gasteiger partial charge in [-0.25, -0.2) is 4.98 Å². The van der Waals surface area contributed by atoms with Gasteiger partial charge in [0, 0.05) is 18.6 Å². The number of rotatable bonds is 5. The van der Waals surface area contributed by atoms with E-state index in [2.05, 4.69) is 29.2 Å². The molecular weight excluding hydrogens is 214 g/mol. The van der Waals surface area contributed by atoms with Gasteiger partial charge in [0.25, 0.3) is 0 Å². The third-order valence-corrected chi connectivity index (χ3v) is 3.35. The topological polar surface area (TPSA) is 80.2 Å². The van der Waals surface area contributed by atoms with Crippen LogP contribution in [0.15, 0.2) is 12.1 Å². The van der Waals surface area contributed by atoms with Crippen molar-refractivity contribution in [2.45, 2.75) is 31.8 Å². The van der Waals surface area contributed by atoms with Gasteiger partial charge in [0.05, 0.1) is 5.69 Å². The third kappa shape index (κ3) is 3.00. The van der Waals surface area contributed by atoms with Crippen molar-refractivity contribution in [3.8, 4) is 0 Å². The first kappa shape index (κ1) is 12.0. The van der Waals surface area contributed by atoms with Crippen LogP contribution in [0.3, 0.4) is 0 Å². The number of hydrogen-bond acceptors (Lipinski definition) is 5. The van der Waals surface area contributed by atoms with Crippen molar-refractivity contribution in [1.29, 1.82) is 0 Å². The van der Waals surface area contributed by atoms with Gasteiger partial charge >= 0.3 is 0 Å². The zero-order valence-corrected chi connectivity index (χ0v) is 10.5. The summed E-state index contributed by atoms with van der Waals surface area (Å²) < 4.78 is 0. The molecule has 2 rings (SSSR count). The minimum Gasteiger partial charge on any atom is -0.396 e. The first-order chi connectivity index (χ1) is 8.08. The number of hydrogen-bond donors (Lipinski definition) is 3. The highest BCUT2D eigenvalue weighted by Gasteiger charge is 2.28. The highest BCUT2D eigenvalue weighted by molar-refractivity contribution is 5.61. The molecule has 0 amide bonds. The van der Waals surface area contributed by atoms with Gasteiger partial charge in [-0.15, -0.1) is 0 Å². The predicted molar refractivity (Wildman–Crippen MR) is 71.8 cm³/mol. The molecule has 1 aliphatic carbocycles. The number of aromatic nitrogens is 1. The monoisotopic (exact) mass is 235 g/mol. The Morgan fingerprint density at radius 1 is 1.47 bits per heavy atom. The van der Waals surface area contributed by atoms with Gasteiger partial charge in [0.1, 0.15) is 11.6 Å². The second kappa shape index (κ2) is 4.79. The fourth-order valence-electron chi connectivity index (χ4n) is 1.82. The summed E-state index contributed by atoms with van der Waals surface area (Å²) in [6, 6.07) is 4.90. The maximum atomic E-state index is 5.66. The molecule has 1 fully saturated rings. The molecule has 1 unspecified atom stereocenters. The SMILES string of the molecule is CC(CNc1ccc(N)c(N)n1)N(C)C1CC1. The molecule has 1 aromatic rings. The Morgan fingerprint density at radius 2 is 2.18 bits per heavy atom. The summed E-state index contributed by atoms with van der Waals surface area (Å²) in [5.74, 6) is 1.17. The van der Waals surface area contributed by atoms with Crippen molar-refractivity contribution in [3.63, 3.8) is 0 Å². The van der Waals surface area contributed by atoms with Crippen LogP contribution in [0.25, 0.3) is 0 Å². The second-order valence-electron chi connectivity index (χ2n) is 4.80. The first-order valence-electron chi connectivity index (χ1n) is 6.05. The van der Waals surface area contributed by atoms with E-state index in [9.17, 15) is 0 Å². The molecule has 0 saturated heterocycles. The lowest BCUT2D eigenvalue weighted by Crippen LogP contribution is -2.36. The minimum absolute atomic E-state index is 0.387. The first-order valence-corrected chi connectivity index (χ1v) is 6.05. The lowest BCUT2D eigenvalue weighted by Gasteiger charge is -2.24. The molecule has 0 radical (unpaired) electrons. The molecule has 5 heteroatoms. The van der Waals surface area contributed by atoms with E-state index in [0.29, 0.717) is 17.5 Å². The van der Waals surface area contributed by atoms with E-state index in [1.807, 2.05) is 6.07 Å². The lowest BCUT2D eigenvalue weighted by atomic mass is 10.3. The molecule has 1 saturated carbocycles. The maximum Gasteiger partial charge on any atom is 0.149 e. The normalized spacial score (nSPS) is 17.1. The summed E-state index contributed by atoms with van der Waals surface area (Å²) in [4.78, 5) is 6.60. The van der Waals surface area contributed by atoms with Crippen LogP contribution >= 0.6 is 0 Å². The highest BCUT2D eigenvalue weighted by Crippen LogP contribution is 2.27. The molecule has 5 nitrogen and oxygen atoms in total. The fraction of sp³-hybridized carbons (Fsp3) is 0.583. The Kier molecular flexibility index (Phi) is 3.38. The molecular formula is C12H21N5. The van der Waals surface area contributed by atoms with Gasteiger partial charge in [-0.05, 0) is 38.9 Å². The van der Waals surface area contributed by atoms with Crippen molar-refractivity contribution in [2.75, 3.05) is 30.4 Å². The standard InChI is InChI=1S/C12H21N5/c1-8(17(2)9-3-4-9)7-15-11-6-5-10(13)12(14)16-11/h5-6,8-9H,3-4,7,13H2,1-2H3,(H3,14,15,16). The molecule has 1 aliphatic rings. The Labute approximate surface area is 102 Å². The van der Waals surface area contributed by atoms with Crippen molar-refractivity contribution in [2.24, 2.45) is 0 Å². The van der Waals surface area contributed by atoms with Crippen molar-refractivity contribution in [3.05, 3.63) is 12.1 Å². The zero-order chi connectivity index (χ0) is 12.4. The molecule has 0 aliphatic heterocycles. The third-order valence-electron chi connectivity index (χ3n) is 3.35. The molecule has 1 atom stereocenters. The minimum atomic E-state index is 0.387. The number of pyridine rings is 1. The molecule has 0 aromatic carbocycles. The second-order valence-corrected chi connectivity index (χ2v) is 4.80. The van der Waals surface area contributed by atoms with E-state index in [-0.39, 0.29) is 0 Å². The largest absolute Gasteiger partial charge is 0.396 e. The zero-order valence-electron chi connectivity index (χ0n) is 10.5. The Balaban J connectivity index is 1.86. The van der Waals surface area contributed by atoms with E-state index in [4.69, 9.17) is 11.5 Å². The number of nitrogens with zero attached hydrogens (tertiary/aromatic N) is 2. The van der Waals surface area contributed by atoms with E-state index >= 15 is 0 Å². The maximum absolute atomic E-state index is 5.66. The molecule has 0 bridgehead atoms. The molecule has 1 heterocycles. The van der Waals surface area contributed by atoms with Gasteiger partial charge in [0.15, 0.2) is 0 Å². The summed E-state index contributed by atoms with van der Waals surface area (Å²) in [6.07, 6.45) is 2.65. The fourth-order valence-corrected chi connectivity index (χ4v) is 1.82. The van der Waals surface area contributed by atoms with Crippen LogP contribution in [0, 0.1) is 0 Å². The Morgan fingerprint density at radius 3 is 2.76 bits per heavy atom. The van der Waals surface area contributed by atoms with Gasteiger partial charge in [-0.2, -0.15) is 0 Å². The van der Waals surface area contributed by atoms with E-state index < -0.39 is 0 Å². The quantitative estimate of drug-likeness (QED) is 0.713. The van der Waals surface area contributed by atoms with Crippen LogP contribution in [0.4, 0.5) is 17.3 Å². The average Bonchev–Trinajstić information content (AvgIpc) is 3.13. The van der Waals surface area contributed by atoms with Crippen LogP contribution in [-0.4, -0.2) is 35.6 Å². The molecule has 17 heavy (non-hydrogen) atoms. The van der Waals surface area contributed by atoms with Crippen LogP contribution in [0.1, 0.15) is 19.8 Å². The number of nitrogens with one attached hydrogen (secondary N) is 1. The van der Waals surface area contributed by atoms with Crippen LogP contribution in [0.5, 0.6) is 0 Å². The van der Waals surface area contributed by atoms with Gasteiger partial charge in [-0.3, -0.25) is 4.90 Å². The van der Waals surface area contributed by atoms with Crippen LogP contribution in [0.2, 0.25) is 0 Å². The smallest absolute Gasteiger partial charge is 0.149 e. The van der Waals surface area contributed by atoms with Gasteiger partial charge in [0.2, 0.25) is 0 Å². The number of nitrogens with two attached hydrogens (primary N) is 2. The van der Waals surface area contributed by atoms with Gasteiger partial charge < -0.3 is 16.8 Å². The summed E-state index contributed by atoms with van der Waals surface area (Å²) >= 11 is 0. The number of likely N-dealkylation sites (N-methyl/N-ethyl adjacent to an activating group) is 1. The number of nitrogen functional groups attached to an aromatic ring is 2. The van der Waals surface area contributed by atoms with Crippen LogP contribution in [-0.2, 0) is 0 Å². The van der Waals surface area contributed by atoms with E-state index in [1.54, 1.807) is 6.07 Å². The molecule has 1 aromatic heterocycles.